The predicted octanol–water partition coefficient (Wildman–Crippen LogP) is 1.43. The van der Waals surface area contributed by atoms with E-state index < -0.39 is 4.92 Å². The summed E-state index contributed by atoms with van der Waals surface area (Å²) in [5, 5.41) is 13.5. The van der Waals surface area contributed by atoms with Gasteiger partial charge in [-0.15, -0.1) is 0 Å². The van der Waals surface area contributed by atoms with Crippen LogP contribution < -0.4 is 11.1 Å². The fraction of sp³-hybridized carbons (Fsp3) is 0.500. The van der Waals surface area contributed by atoms with Gasteiger partial charge < -0.3 is 16.0 Å². The summed E-state index contributed by atoms with van der Waals surface area (Å²) < 4.78 is 0. The zero-order chi connectivity index (χ0) is 17.7. The molecule has 130 valence electrons. The van der Waals surface area contributed by atoms with Crippen LogP contribution in [-0.4, -0.2) is 41.3 Å². The van der Waals surface area contributed by atoms with Crippen molar-refractivity contribution in [2.75, 3.05) is 25.0 Å². The number of anilines is 1. The molecule has 2 rings (SSSR count). The van der Waals surface area contributed by atoms with Gasteiger partial charge in [-0.05, 0) is 44.5 Å². The van der Waals surface area contributed by atoms with Crippen molar-refractivity contribution in [1.82, 2.24) is 4.90 Å². The Morgan fingerprint density at radius 2 is 2.04 bits per heavy atom. The minimum absolute atomic E-state index is 0.00261. The molecule has 24 heavy (non-hydrogen) atoms. The van der Waals surface area contributed by atoms with E-state index in [0.717, 1.165) is 25.9 Å². The number of nitrogens with zero attached hydrogens (tertiary/aromatic N) is 2. The van der Waals surface area contributed by atoms with Crippen molar-refractivity contribution in [1.29, 1.82) is 0 Å². The van der Waals surface area contributed by atoms with Crippen LogP contribution in [0, 0.1) is 23.0 Å². The second-order valence-electron chi connectivity index (χ2n) is 6.07. The largest absolute Gasteiger partial charge is 0.369 e. The van der Waals surface area contributed by atoms with Gasteiger partial charge in [-0.2, -0.15) is 0 Å². The second-order valence-corrected chi connectivity index (χ2v) is 6.07. The normalized spacial score (nSPS) is 15.9. The average molecular weight is 334 g/mol. The molecule has 1 aliphatic heterocycles. The summed E-state index contributed by atoms with van der Waals surface area (Å²) in [5.74, 6) is -0.442. The molecule has 1 aliphatic rings. The van der Waals surface area contributed by atoms with E-state index in [1.54, 1.807) is 13.0 Å². The first kappa shape index (κ1) is 17.9. The van der Waals surface area contributed by atoms with E-state index in [1.807, 2.05) is 0 Å². The zero-order valence-corrected chi connectivity index (χ0v) is 13.7. The molecule has 0 unspecified atom stereocenters. The minimum atomic E-state index is -0.464. The van der Waals surface area contributed by atoms with Gasteiger partial charge in [-0.25, -0.2) is 0 Å². The summed E-state index contributed by atoms with van der Waals surface area (Å²) in [6.45, 7) is 3.86. The summed E-state index contributed by atoms with van der Waals surface area (Å²) >= 11 is 0. The SMILES string of the molecule is Cc1cc([N+](=O)[O-])ccc1NC(=O)CCN1CCC(C(N)=O)CC1. The fourth-order valence-electron chi connectivity index (χ4n) is 2.82. The van der Waals surface area contributed by atoms with Crippen molar-refractivity contribution >= 4 is 23.2 Å². The molecule has 1 fully saturated rings. The smallest absolute Gasteiger partial charge is 0.269 e. The molecule has 0 spiro atoms. The Labute approximate surface area is 140 Å². The minimum Gasteiger partial charge on any atom is -0.369 e. The van der Waals surface area contributed by atoms with Gasteiger partial charge in [0, 0.05) is 36.7 Å². The molecule has 8 heteroatoms. The zero-order valence-electron chi connectivity index (χ0n) is 13.7. The fourth-order valence-corrected chi connectivity index (χ4v) is 2.82. The van der Waals surface area contributed by atoms with Crippen LogP contribution in [-0.2, 0) is 9.59 Å². The molecule has 2 amide bonds. The van der Waals surface area contributed by atoms with Crippen LogP contribution >= 0.6 is 0 Å². The lowest BCUT2D eigenvalue weighted by Gasteiger charge is -2.30. The topological polar surface area (TPSA) is 119 Å². The van der Waals surface area contributed by atoms with Crippen LogP contribution in [0.4, 0.5) is 11.4 Å². The maximum atomic E-state index is 12.1. The number of carbonyl (C=O) groups is 2. The van der Waals surface area contributed by atoms with Crippen LogP contribution in [0.15, 0.2) is 18.2 Å². The van der Waals surface area contributed by atoms with Crippen LogP contribution in [0.1, 0.15) is 24.8 Å². The number of piperidine rings is 1. The van der Waals surface area contributed by atoms with Gasteiger partial charge in [-0.1, -0.05) is 0 Å². The molecular formula is C16H22N4O4. The molecule has 0 saturated carbocycles. The highest BCUT2D eigenvalue weighted by Gasteiger charge is 2.23. The quantitative estimate of drug-likeness (QED) is 0.602. The highest BCUT2D eigenvalue weighted by Crippen LogP contribution is 2.21. The van der Waals surface area contributed by atoms with Crippen molar-refractivity contribution in [2.45, 2.75) is 26.2 Å². The van der Waals surface area contributed by atoms with E-state index in [0.29, 0.717) is 24.2 Å². The Balaban J connectivity index is 1.80. The van der Waals surface area contributed by atoms with Crippen molar-refractivity contribution in [3.05, 3.63) is 33.9 Å². The number of nitro benzene ring substituents is 1. The van der Waals surface area contributed by atoms with Gasteiger partial charge in [0.05, 0.1) is 4.92 Å². The highest BCUT2D eigenvalue weighted by atomic mass is 16.6. The first-order valence-electron chi connectivity index (χ1n) is 7.93. The number of nitrogens with two attached hydrogens (primary N) is 1. The number of nitrogens with one attached hydrogen (secondary N) is 1. The van der Waals surface area contributed by atoms with Gasteiger partial charge in [0.2, 0.25) is 11.8 Å². The van der Waals surface area contributed by atoms with E-state index in [9.17, 15) is 19.7 Å². The number of hydrogen-bond donors (Lipinski definition) is 2. The molecule has 3 N–H and O–H groups in total. The third-order valence-corrected chi connectivity index (χ3v) is 4.34. The number of rotatable bonds is 6. The number of benzene rings is 1. The lowest BCUT2D eigenvalue weighted by molar-refractivity contribution is -0.384. The third-order valence-electron chi connectivity index (χ3n) is 4.34. The first-order valence-corrected chi connectivity index (χ1v) is 7.93. The Kier molecular flexibility index (Phi) is 5.86. The molecule has 1 saturated heterocycles. The van der Waals surface area contributed by atoms with Gasteiger partial charge >= 0.3 is 0 Å². The second kappa shape index (κ2) is 7.87. The van der Waals surface area contributed by atoms with Gasteiger partial charge in [0.15, 0.2) is 0 Å². The molecule has 1 heterocycles. The van der Waals surface area contributed by atoms with E-state index in [1.165, 1.54) is 12.1 Å². The number of aryl methyl sites for hydroxylation is 1. The van der Waals surface area contributed by atoms with E-state index in [4.69, 9.17) is 5.73 Å². The van der Waals surface area contributed by atoms with Crippen molar-refractivity contribution in [3.8, 4) is 0 Å². The summed E-state index contributed by atoms with van der Waals surface area (Å²) in [5.41, 5.74) is 6.54. The number of primary amides is 1. The monoisotopic (exact) mass is 334 g/mol. The standard InChI is InChI=1S/C16H22N4O4/c1-11-10-13(20(23)24)2-3-14(11)18-15(21)6-9-19-7-4-12(5-8-19)16(17)22/h2-3,10,12H,4-9H2,1H3,(H2,17,22)(H,18,21). The van der Waals surface area contributed by atoms with Gasteiger partial charge in [0.1, 0.15) is 0 Å². The lowest BCUT2D eigenvalue weighted by atomic mass is 9.96. The van der Waals surface area contributed by atoms with Gasteiger partial charge in [-0.3, -0.25) is 19.7 Å². The number of likely N-dealkylation sites (tertiary alicyclic amines) is 1. The molecule has 0 aliphatic carbocycles. The molecule has 1 aromatic rings. The van der Waals surface area contributed by atoms with Crippen molar-refractivity contribution in [3.63, 3.8) is 0 Å². The van der Waals surface area contributed by atoms with E-state index in [2.05, 4.69) is 10.2 Å². The molecule has 0 aromatic heterocycles. The van der Waals surface area contributed by atoms with Crippen LogP contribution in [0.2, 0.25) is 0 Å². The average Bonchev–Trinajstić information content (AvgIpc) is 2.55. The number of non-ortho nitro benzene ring substituents is 1. The molecule has 0 atom stereocenters. The third kappa shape index (κ3) is 4.76. The number of carbonyl (C=O) groups excluding carboxylic acids is 2. The summed E-state index contributed by atoms with van der Waals surface area (Å²) in [4.78, 5) is 35.6. The van der Waals surface area contributed by atoms with Crippen LogP contribution in [0.25, 0.3) is 0 Å². The summed E-state index contributed by atoms with van der Waals surface area (Å²) in [7, 11) is 0. The molecule has 0 radical (unpaired) electrons. The Morgan fingerprint density at radius 3 is 2.58 bits per heavy atom. The maximum Gasteiger partial charge on any atom is 0.269 e. The lowest BCUT2D eigenvalue weighted by Crippen LogP contribution is -2.39. The molecule has 1 aromatic carbocycles. The summed E-state index contributed by atoms with van der Waals surface area (Å²) in [6.07, 6.45) is 1.80. The number of hydrogen-bond acceptors (Lipinski definition) is 5. The molecule has 0 bridgehead atoms. The maximum absolute atomic E-state index is 12.1. The van der Waals surface area contributed by atoms with Crippen LogP contribution in [0.5, 0.6) is 0 Å². The Hall–Kier alpha value is -2.48. The van der Waals surface area contributed by atoms with Gasteiger partial charge in [0.25, 0.3) is 5.69 Å². The predicted molar refractivity (Wildman–Crippen MR) is 89.4 cm³/mol. The van der Waals surface area contributed by atoms with Crippen molar-refractivity contribution in [2.24, 2.45) is 11.7 Å². The molecular weight excluding hydrogens is 312 g/mol. The number of nitro groups is 1. The Morgan fingerprint density at radius 1 is 1.38 bits per heavy atom. The van der Waals surface area contributed by atoms with Crippen molar-refractivity contribution < 1.29 is 14.5 Å². The number of amides is 2. The van der Waals surface area contributed by atoms with E-state index >= 15 is 0 Å². The first-order chi connectivity index (χ1) is 11.4. The molecule has 8 nitrogen and oxygen atoms in total. The summed E-state index contributed by atoms with van der Waals surface area (Å²) in [6, 6.07) is 4.35. The Bertz CT molecular complexity index is 639. The van der Waals surface area contributed by atoms with E-state index in [-0.39, 0.29) is 23.4 Å². The highest BCUT2D eigenvalue weighted by molar-refractivity contribution is 5.91. The van der Waals surface area contributed by atoms with Crippen LogP contribution in [0.3, 0.4) is 0 Å².